The first-order valence-corrected chi connectivity index (χ1v) is 18.0. The third-order valence-electron chi connectivity index (χ3n) is 11.4. The summed E-state index contributed by atoms with van der Waals surface area (Å²) >= 11 is 0. The second-order valence-corrected chi connectivity index (χ2v) is 15.8. The Kier molecular flexibility index (Phi) is 11.1. The summed E-state index contributed by atoms with van der Waals surface area (Å²) in [5, 5.41) is 0. The van der Waals surface area contributed by atoms with Gasteiger partial charge in [0, 0.05) is 31.8 Å². The Hall–Kier alpha value is -1.67. The normalized spacial score (nSPS) is 47.3. The molecule has 0 amide bonds. The average Bonchev–Trinajstić information content (AvgIpc) is 3.47. The van der Waals surface area contributed by atoms with E-state index in [0.717, 1.165) is 0 Å². The van der Waals surface area contributed by atoms with E-state index >= 15 is 0 Å². The number of esters is 2. The second kappa shape index (κ2) is 14.2. The van der Waals surface area contributed by atoms with Crippen molar-refractivity contribution >= 4 is 17.7 Å². The molecule has 2 bridgehead atoms. The van der Waals surface area contributed by atoms with Crippen LogP contribution in [0, 0.1) is 23.7 Å². The fraction of sp³-hybridized carbons (Fsp3) is 0.917. The van der Waals surface area contributed by atoms with Gasteiger partial charge in [-0.3, -0.25) is 19.3 Å². The topological polar surface area (TPSA) is 128 Å². The minimum atomic E-state index is -1.07. The predicted octanol–water partition coefficient (Wildman–Crippen LogP) is 4.05. The number of morpholine rings is 1. The number of fused-ring (bicyclic) bond motifs is 2. The molecule has 0 saturated carbocycles. The van der Waals surface area contributed by atoms with Crippen molar-refractivity contribution < 1.29 is 52.3 Å². The Labute approximate surface area is 286 Å². The standard InChI is InChI=1S/C36H59NO11/c1-12-26-36(11,48-34(8,9)46-26)31-23(6)28-19(2)18-35(10,47-28)30(21(4)27(39)22(5)32(40)44-31)45-33-29(43-24(7)38)25(17-20(3)42-33)37-13-15-41-16-14-37/h19-23,25-26,28-31,33H,12-18H2,1-11H3/t19?,20?,21-,22+,23-,25?,26+,28?,29?,30+,31+,33-,35-,36+/m0/s1. The van der Waals surface area contributed by atoms with Gasteiger partial charge in [-0.05, 0) is 66.7 Å². The van der Waals surface area contributed by atoms with Gasteiger partial charge in [-0.1, -0.05) is 27.7 Å². The van der Waals surface area contributed by atoms with E-state index in [1.54, 1.807) is 13.8 Å². The van der Waals surface area contributed by atoms with Crippen LogP contribution in [0.2, 0.25) is 0 Å². The zero-order chi connectivity index (χ0) is 35.3. The summed E-state index contributed by atoms with van der Waals surface area (Å²) in [7, 11) is 0. The number of nitrogens with zero attached hydrogens (tertiary/aromatic N) is 1. The molecule has 0 aromatic carbocycles. The van der Waals surface area contributed by atoms with Crippen molar-refractivity contribution in [2.24, 2.45) is 23.7 Å². The quantitative estimate of drug-likeness (QED) is 0.297. The molecule has 0 aromatic rings. The molecule has 274 valence electrons. The van der Waals surface area contributed by atoms with Gasteiger partial charge in [-0.15, -0.1) is 0 Å². The zero-order valence-electron chi connectivity index (χ0n) is 30.8. The SMILES string of the molecule is CC[C@H]1OC(C)(C)O[C@@]1(C)[C@@H]1OC(=O)[C@H](C)C(=O)[C@H](C)[C@@H](O[C@@H]2OC(C)CC(N3CCOCC3)C2OC(C)=O)[C@]2(C)CC(C)C(O2)[C@@H]1C. The zero-order valence-corrected chi connectivity index (χ0v) is 30.8. The number of carbonyl (C=O) groups excluding carboxylic acids is 3. The van der Waals surface area contributed by atoms with Crippen LogP contribution in [0.25, 0.3) is 0 Å². The molecule has 5 aliphatic rings. The third kappa shape index (κ3) is 7.22. The van der Waals surface area contributed by atoms with Crippen LogP contribution in [0.15, 0.2) is 0 Å². The first-order chi connectivity index (χ1) is 22.4. The van der Waals surface area contributed by atoms with Crippen LogP contribution in [0.3, 0.4) is 0 Å². The molecule has 5 saturated heterocycles. The number of ether oxygens (including phenoxy) is 8. The van der Waals surface area contributed by atoms with E-state index < -0.39 is 65.4 Å². The van der Waals surface area contributed by atoms with E-state index in [4.69, 9.17) is 37.9 Å². The lowest BCUT2D eigenvalue weighted by molar-refractivity contribution is -0.300. The molecular formula is C36H59NO11. The Balaban J connectivity index is 1.52. The number of cyclic esters (lactones) is 1. The molecule has 0 radical (unpaired) electrons. The maximum atomic E-state index is 14.2. The van der Waals surface area contributed by atoms with Crippen LogP contribution >= 0.6 is 0 Å². The summed E-state index contributed by atoms with van der Waals surface area (Å²) in [5.74, 6) is -4.41. The summed E-state index contributed by atoms with van der Waals surface area (Å²) in [4.78, 5) is 42.9. The van der Waals surface area contributed by atoms with Gasteiger partial charge >= 0.3 is 11.9 Å². The molecule has 12 nitrogen and oxygen atoms in total. The van der Waals surface area contributed by atoms with Gasteiger partial charge in [0.1, 0.15) is 17.6 Å². The molecule has 5 rings (SSSR count). The van der Waals surface area contributed by atoms with Crippen LogP contribution in [0.1, 0.15) is 95.4 Å². The molecule has 5 aliphatic heterocycles. The molecule has 5 heterocycles. The van der Waals surface area contributed by atoms with Crippen LogP contribution in [-0.2, 0) is 52.3 Å². The fourth-order valence-electron chi connectivity index (χ4n) is 9.31. The first kappa shape index (κ1) is 37.6. The summed E-state index contributed by atoms with van der Waals surface area (Å²) in [6, 6.07) is -0.163. The van der Waals surface area contributed by atoms with Gasteiger partial charge in [0.25, 0.3) is 0 Å². The molecule has 0 aromatic heterocycles. The Morgan fingerprint density at radius 3 is 2.29 bits per heavy atom. The average molecular weight is 682 g/mol. The Bertz CT molecular complexity index is 1190. The molecule has 12 heteroatoms. The van der Waals surface area contributed by atoms with Crippen molar-refractivity contribution in [2.75, 3.05) is 26.3 Å². The molecule has 0 aliphatic carbocycles. The number of rotatable bonds is 6. The second-order valence-electron chi connectivity index (χ2n) is 15.8. The summed E-state index contributed by atoms with van der Waals surface area (Å²) < 4.78 is 51.1. The van der Waals surface area contributed by atoms with E-state index in [1.807, 2.05) is 48.5 Å². The van der Waals surface area contributed by atoms with Gasteiger partial charge in [-0.25, -0.2) is 0 Å². The molecule has 5 unspecified atom stereocenters. The fourth-order valence-corrected chi connectivity index (χ4v) is 9.31. The minimum absolute atomic E-state index is 0.0204. The van der Waals surface area contributed by atoms with E-state index in [-0.39, 0.29) is 42.0 Å². The van der Waals surface area contributed by atoms with Crippen LogP contribution in [0.4, 0.5) is 0 Å². The highest BCUT2D eigenvalue weighted by molar-refractivity contribution is 6.00. The number of hydrogen-bond acceptors (Lipinski definition) is 12. The number of carbonyl (C=O) groups is 3. The lowest BCUT2D eigenvalue weighted by Crippen LogP contribution is -2.61. The molecule has 14 atom stereocenters. The highest BCUT2D eigenvalue weighted by atomic mass is 16.8. The van der Waals surface area contributed by atoms with Gasteiger partial charge in [0.05, 0.1) is 49.3 Å². The Morgan fingerprint density at radius 1 is 1.00 bits per heavy atom. The third-order valence-corrected chi connectivity index (χ3v) is 11.4. The monoisotopic (exact) mass is 681 g/mol. The lowest BCUT2D eigenvalue weighted by Gasteiger charge is -2.48. The number of Topliss-reactive ketones (excluding diaryl/α,β-unsaturated/α-hetero) is 1. The number of ketones is 1. The van der Waals surface area contributed by atoms with Gasteiger partial charge in [0.2, 0.25) is 0 Å². The van der Waals surface area contributed by atoms with E-state index in [2.05, 4.69) is 11.8 Å². The molecular weight excluding hydrogens is 622 g/mol. The summed E-state index contributed by atoms with van der Waals surface area (Å²) in [5.41, 5.74) is -1.92. The van der Waals surface area contributed by atoms with Crippen molar-refractivity contribution in [3.05, 3.63) is 0 Å². The Morgan fingerprint density at radius 2 is 1.67 bits per heavy atom. The van der Waals surface area contributed by atoms with E-state index in [0.29, 0.717) is 45.6 Å². The van der Waals surface area contributed by atoms with Crippen LogP contribution in [0.5, 0.6) is 0 Å². The maximum absolute atomic E-state index is 14.2. The van der Waals surface area contributed by atoms with E-state index in [9.17, 15) is 14.4 Å². The number of hydrogen-bond donors (Lipinski definition) is 0. The minimum Gasteiger partial charge on any atom is -0.458 e. The molecule has 5 fully saturated rings. The van der Waals surface area contributed by atoms with Gasteiger partial charge < -0.3 is 37.9 Å². The van der Waals surface area contributed by atoms with Crippen molar-refractivity contribution in [1.29, 1.82) is 0 Å². The van der Waals surface area contributed by atoms with Gasteiger partial charge in [-0.2, -0.15) is 0 Å². The summed E-state index contributed by atoms with van der Waals surface area (Å²) in [6.07, 6.45) is -2.29. The maximum Gasteiger partial charge on any atom is 0.316 e. The molecule has 0 spiro atoms. The highest BCUT2D eigenvalue weighted by Gasteiger charge is 2.62. The smallest absolute Gasteiger partial charge is 0.316 e. The van der Waals surface area contributed by atoms with Crippen molar-refractivity contribution in [1.82, 2.24) is 4.90 Å². The van der Waals surface area contributed by atoms with Crippen LogP contribution in [-0.4, -0.2) is 115 Å². The van der Waals surface area contributed by atoms with Crippen LogP contribution < -0.4 is 0 Å². The lowest BCUT2D eigenvalue weighted by atomic mass is 9.76. The van der Waals surface area contributed by atoms with E-state index in [1.165, 1.54) is 6.92 Å². The van der Waals surface area contributed by atoms with Crippen molar-refractivity contribution in [2.45, 2.75) is 161 Å². The summed E-state index contributed by atoms with van der Waals surface area (Å²) in [6.45, 7) is 23.1. The van der Waals surface area contributed by atoms with Gasteiger partial charge in [0.15, 0.2) is 24.0 Å². The van der Waals surface area contributed by atoms with Crippen molar-refractivity contribution in [3.63, 3.8) is 0 Å². The first-order valence-electron chi connectivity index (χ1n) is 18.0. The largest absolute Gasteiger partial charge is 0.458 e. The predicted molar refractivity (Wildman–Crippen MR) is 174 cm³/mol. The molecule has 0 N–H and O–H groups in total. The molecule has 48 heavy (non-hydrogen) atoms. The van der Waals surface area contributed by atoms with Crippen molar-refractivity contribution in [3.8, 4) is 0 Å². The highest BCUT2D eigenvalue weighted by Crippen LogP contribution is 2.50.